The molecule has 2 rings (SSSR count). The summed E-state index contributed by atoms with van der Waals surface area (Å²) >= 11 is 5.77. The number of halogens is 2. The van der Waals surface area contributed by atoms with Crippen LogP contribution < -0.4 is 5.73 Å². The molecule has 0 spiro atoms. The zero-order valence-electron chi connectivity index (χ0n) is 11.4. The number of likely N-dealkylation sites (tertiary alicyclic amines) is 1. The van der Waals surface area contributed by atoms with Gasteiger partial charge < -0.3 is 5.73 Å². The van der Waals surface area contributed by atoms with Crippen LogP contribution in [0.15, 0.2) is 18.2 Å². The highest BCUT2D eigenvalue weighted by molar-refractivity contribution is 6.30. The molecule has 1 aliphatic rings. The van der Waals surface area contributed by atoms with Crippen molar-refractivity contribution >= 4 is 11.6 Å². The number of hydrogen-bond acceptors (Lipinski definition) is 2. The van der Waals surface area contributed by atoms with Crippen LogP contribution in [-0.4, -0.2) is 24.0 Å². The number of nitrogens with zero attached hydrogens (tertiary/aromatic N) is 1. The average molecular weight is 285 g/mol. The third kappa shape index (κ3) is 3.47. The van der Waals surface area contributed by atoms with Gasteiger partial charge in [0.15, 0.2) is 0 Å². The second kappa shape index (κ2) is 6.69. The lowest BCUT2D eigenvalue weighted by Gasteiger charge is -2.33. The Kier molecular flexibility index (Phi) is 5.20. The van der Waals surface area contributed by atoms with Crippen LogP contribution in [0.2, 0.25) is 5.02 Å². The summed E-state index contributed by atoms with van der Waals surface area (Å²) in [5.74, 6) is -0.355. The largest absolute Gasteiger partial charge is 0.326 e. The molecule has 0 aromatic heterocycles. The Hall–Kier alpha value is -0.640. The second-order valence-electron chi connectivity index (χ2n) is 5.31. The number of nitrogens with two attached hydrogens (primary N) is 1. The van der Waals surface area contributed by atoms with E-state index < -0.39 is 0 Å². The summed E-state index contributed by atoms with van der Waals surface area (Å²) in [5, 5.41) is 0.174. The minimum Gasteiger partial charge on any atom is -0.326 e. The first kappa shape index (κ1) is 14.8. The minimum atomic E-state index is -0.355. The van der Waals surface area contributed by atoms with Crippen LogP contribution in [-0.2, 0) is 0 Å². The molecule has 0 bridgehead atoms. The summed E-state index contributed by atoms with van der Waals surface area (Å²) in [6.45, 7) is 4.20. The Bertz CT molecular complexity index is 425. The van der Waals surface area contributed by atoms with E-state index in [0.29, 0.717) is 0 Å². The highest BCUT2D eigenvalue weighted by atomic mass is 35.5. The third-order valence-electron chi connectivity index (χ3n) is 3.83. The molecule has 1 aromatic carbocycles. The van der Waals surface area contributed by atoms with E-state index >= 15 is 0 Å². The van der Waals surface area contributed by atoms with Gasteiger partial charge in [0.2, 0.25) is 0 Å². The van der Waals surface area contributed by atoms with Gasteiger partial charge in [0.05, 0.1) is 5.02 Å². The predicted octanol–water partition coefficient (Wildman–Crippen LogP) is 3.74. The number of rotatable bonds is 3. The highest BCUT2D eigenvalue weighted by Gasteiger charge is 2.28. The van der Waals surface area contributed by atoms with Gasteiger partial charge in [-0.05, 0) is 50.0 Å². The molecule has 0 saturated carbocycles. The number of hydrogen-bond donors (Lipinski definition) is 1. The van der Waals surface area contributed by atoms with Crippen molar-refractivity contribution in [1.82, 2.24) is 4.90 Å². The molecular weight excluding hydrogens is 263 g/mol. The van der Waals surface area contributed by atoms with Crippen molar-refractivity contribution in [3.8, 4) is 0 Å². The zero-order valence-corrected chi connectivity index (χ0v) is 12.2. The maximum Gasteiger partial charge on any atom is 0.142 e. The van der Waals surface area contributed by atoms with Gasteiger partial charge in [0, 0.05) is 12.1 Å². The van der Waals surface area contributed by atoms with E-state index in [1.165, 1.54) is 6.42 Å². The van der Waals surface area contributed by atoms with E-state index in [9.17, 15) is 4.39 Å². The van der Waals surface area contributed by atoms with Gasteiger partial charge in [-0.15, -0.1) is 0 Å². The molecule has 2 atom stereocenters. The van der Waals surface area contributed by atoms with Crippen LogP contribution in [0.3, 0.4) is 0 Å². The molecule has 1 heterocycles. The maximum absolute atomic E-state index is 13.7. The Morgan fingerprint density at radius 3 is 2.89 bits per heavy atom. The molecule has 1 saturated heterocycles. The van der Waals surface area contributed by atoms with Gasteiger partial charge in [0.25, 0.3) is 0 Å². The highest BCUT2D eigenvalue weighted by Crippen LogP contribution is 2.31. The fourth-order valence-electron chi connectivity index (χ4n) is 2.96. The Morgan fingerprint density at radius 2 is 2.21 bits per heavy atom. The Labute approximate surface area is 119 Å². The smallest absolute Gasteiger partial charge is 0.142 e. The van der Waals surface area contributed by atoms with Gasteiger partial charge in [-0.2, -0.15) is 0 Å². The van der Waals surface area contributed by atoms with E-state index in [1.807, 2.05) is 6.07 Å². The first-order valence-electron chi connectivity index (χ1n) is 7.08. The van der Waals surface area contributed by atoms with Gasteiger partial charge in [-0.1, -0.05) is 31.0 Å². The average Bonchev–Trinajstić information content (AvgIpc) is 2.56. The monoisotopic (exact) mass is 284 g/mol. The lowest BCUT2D eigenvalue weighted by molar-refractivity contribution is 0.185. The lowest BCUT2D eigenvalue weighted by atomic mass is 9.96. The van der Waals surface area contributed by atoms with Crippen LogP contribution >= 0.6 is 11.6 Å². The molecule has 2 unspecified atom stereocenters. The summed E-state index contributed by atoms with van der Waals surface area (Å²) < 4.78 is 13.7. The van der Waals surface area contributed by atoms with Gasteiger partial charge in [-0.3, -0.25) is 4.90 Å². The summed E-state index contributed by atoms with van der Waals surface area (Å²) in [7, 11) is 0. The molecule has 0 aliphatic carbocycles. The van der Waals surface area contributed by atoms with E-state index in [1.54, 1.807) is 12.1 Å². The van der Waals surface area contributed by atoms with Crippen molar-refractivity contribution in [3.63, 3.8) is 0 Å². The lowest BCUT2D eigenvalue weighted by Crippen LogP contribution is -2.40. The Morgan fingerprint density at radius 1 is 1.42 bits per heavy atom. The normalized spacial score (nSPS) is 25.3. The topological polar surface area (TPSA) is 29.3 Å². The molecule has 4 heteroatoms. The number of benzene rings is 1. The third-order valence-corrected chi connectivity index (χ3v) is 4.13. The van der Waals surface area contributed by atoms with Crippen LogP contribution in [0.5, 0.6) is 0 Å². The van der Waals surface area contributed by atoms with Gasteiger partial charge in [-0.25, -0.2) is 4.39 Å². The molecule has 1 fully saturated rings. The molecule has 2 N–H and O–H groups in total. The van der Waals surface area contributed by atoms with Crippen molar-refractivity contribution < 1.29 is 4.39 Å². The van der Waals surface area contributed by atoms with Gasteiger partial charge >= 0.3 is 0 Å². The minimum absolute atomic E-state index is 0.0645. The fraction of sp³-hybridized carbons (Fsp3) is 0.600. The molecule has 0 amide bonds. The van der Waals surface area contributed by atoms with Crippen LogP contribution in [0, 0.1) is 5.82 Å². The molecule has 0 radical (unpaired) electrons. The van der Waals surface area contributed by atoms with Crippen molar-refractivity contribution in [2.24, 2.45) is 5.73 Å². The van der Waals surface area contributed by atoms with Crippen molar-refractivity contribution in [2.75, 3.05) is 13.1 Å². The molecule has 19 heavy (non-hydrogen) atoms. The van der Waals surface area contributed by atoms with Crippen LogP contribution in [0.4, 0.5) is 4.39 Å². The standard InChI is InChI=1S/C15H22ClFN2/c1-2-8-19-9-4-3-5-14(18)15(19)11-6-7-12(16)13(17)10-11/h6-7,10,14-15H,2-5,8-9,18H2,1H3. The fourth-order valence-corrected chi connectivity index (χ4v) is 3.07. The Balaban J connectivity index is 2.31. The summed E-state index contributed by atoms with van der Waals surface area (Å²) in [4.78, 5) is 2.39. The summed E-state index contributed by atoms with van der Waals surface area (Å²) in [6.07, 6.45) is 4.39. The van der Waals surface area contributed by atoms with Crippen molar-refractivity contribution in [1.29, 1.82) is 0 Å². The molecule has 1 aliphatic heterocycles. The first-order chi connectivity index (χ1) is 9.13. The molecule has 106 valence electrons. The predicted molar refractivity (Wildman–Crippen MR) is 77.8 cm³/mol. The quantitative estimate of drug-likeness (QED) is 0.916. The first-order valence-corrected chi connectivity index (χ1v) is 7.46. The van der Waals surface area contributed by atoms with Crippen LogP contribution in [0.25, 0.3) is 0 Å². The summed E-state index contributed by atoms with van der Waals surface area (Å²) in [6, 6.07) is 5.25. The van der Waals surface area contributed by atoms with Crippen molar-refractivity contribution in [3.05, 3.63) is 34.6 Å². The van der Waals surface area contributed by atoms with E-state index in [0.717, 1.165) is 37.9 Å². The molecular formula is C15H22ClFN2. The SMILES string of the molecule is CCCN1CCCCC(N)C1c1ccc(Cl)c(F)c1. The van der Waals surface area contributed by atoms with Crippen LogP contribution in [0.1, 0.15) is 44.2 Å². The second-order valence-corrected chi connectivity index (χ2v) is 5.72. The molecule has 2 nitrogen and oxygen atoms in total. The van der Waals surface area contributed by atoms with Crippen molar-refractivity contribution in [2.45, 2.75) is 44.7 Å². The molecule has 1 aromatic rings. The zero-order chi connectivity index (χ0) is 13.8. The van der Waals surface area contributed by atoms with E-state index in [2.05, 4.69) is 11.8 Å². The van der Waals surface area contributed by atoms with E-state index in [-0.39, 0.29) is 22.9 Å². The van der Waals surface area contributed by atoms with Gasteiger partial charge in [0.1, 0.15) is 5.82 Å². The van der Waals surface area contributed by atoms with E-state index in [4.69, 9.17) is 17.3 Å². The maximum atomic E-state index is 13.7. The summed E-state index contributed by atoms with van der Waals surface area (Å²) in [5.41, 5.74) is 7.27.